The molecule has 0 aliphatic carbocycles. The van der Waals surface area contributed by atoms with Crippen LogP contribution in [0.2, 0.25) is 0 Å². The fraction of sp³-hybridized carbons (Fsp3) is 0.385. The van der Waals surface area contributed by atoms with Crippen molar-refractivity contribution in [3.63, 3.8) is 0 Å². The number of esters is 1. The average Bonchev–Trinajstić information content (AvgIpc) is 3.64. The Morgan fingerprint density at radius 2 is 1.53 bits per heavy atom. The molecule has 12 heteroatoms. The molecule has 0 bridgehead atoms. The number of hydrogen-bond acceptors (Lipinski definition) is 7. The standard InChI is InChI=1S/C39H45N5O7/c1-3-39(2)38(50)42-31(25-26-19-21-27(22-20-26)33(45)40-29-15-8-5-9-16-29)36(48)44-23-12-18-32(44)35(47)41-30(34(46)43-39)17-10-11-24-51-37(49)28-13-6-4-7-14-28/h4-9,13-16,19-22,30-32H,3,10-12,17-18,23-25H2,1-2H3,(H,40,45)(H,41,47)(H,42,50)(H,43,46)/t30-,31-,32+,39-/m0/s1. The van der Waals surface area contributed by atoms with Crippen LogP contribution >= 0.6 is 0 Å². The summed E-state index contributed by atoms with van der Waals surface area (Å²) in [6, 6.07) is 21.7. The first-order chi connectivity index (χ1) is 24.6. The van der Waals surface area contributed by atoms with E-state index in [0.717, 1.165) is 0 Å². The van der Waals surface area contributed by atoms with Crippen LogP contribution in [0, 0.1) is 0 Å². The highest BCUT2D eigenvalue weighted by molar-refractivity contribution is 6.04. The number of ether oxygens (including phenoxy) is 1. The first-order valence-corrected chi connectivity index (χ1v) is 17.5. The lowest BCUT2D eigenvalue weighted by molar-refractivity contribution is -0.144. The number of benzene rings is 3. The number of para-hydroxylation sites is 1. The highest BCUT2D eigenvalue weighted by Crippen LogP contribution is 2.22. The Bertz CT molecular complexity index is 1720. The molecule has 0 spiro atoms. The normalized spacial score (nSPS) is 22.4. The van der Waals surface area contributed by atoms with Gasteiger partial charge in [0.05, 0.1) is 12.2 Å². The maximum atomic E-state index is 14.1. The summed E-state index contributed by atoms with van der Waals surface area (Å²) in [6.45, 7) is 3.82. The van der Waals surface area contributed by atoms with E-state index in [1.54, 1.807) is 74.5 Å². The third kappa shape index (κ3) is 9.39. The van der Waals surface area contributed by atoms with E-state index in [2.05, 4.69) is 21.3 Å². The molecule has 2 fully saturated rings. The topological polar surface area (TPSA) is 163 Å². The maximum absolute atomic E-state index is 14.1. The number of unbranched alkanes of at least 4 members (excludes halogenated alkanes) is 1. The average molecular weight is 696 g/mol. The van der Waals surface area contributed by atoms with E-state index in [9.17, 15) is 28.8 Å². The molecule has 3 aromatic rings. The van der Waals surface area contributed by atoms with Gasteiger partial charge < -0.3 is 30.9 Å². The monoisotopic (exact) mass is 695 g/mol. The minimum absolute atomic E-state index is 0.112. The van der Waals surface area contributed by atoms with Crippen LogP contribution in [0.1, 0.15) is 78.7 Å². The molecular weight excluding hydrogens is 650 g/mol. The van der Waals surface area contributed by atoms with Crippen molar-refractivity contribution in [2.75, 3.05) is 18.5 Å². The minimum Gasteiger partial charge on any atom is -0.462 e. The molecule has 0 unspecified atom stereocenters. The van der Waals surface area contributed by atoms with Gasteiger partial charge in [-0.15, -0.1) is 0 Å². The molecule has 51 heavy (non-hydrogen) atoms. The SMILES string of the molecule is CC[C@]1(C)NC(=O)[C@H](CCCCOC(=O)c2ccccc2)NC(=O)[C@H]2CCCN2C(=O)[C@H](Cc2ccc(C(=O)Nc3ccccc3)cc2)NC1=O. The van der Waals surface area contributed by atoms with E-state index in [-0.39, 0.29) is 31.8 Å². The summed E-state index contributed by atoms with van der Waals surface area (Å²) >= 11 is 0. The number of carbonyl (C=O) groups excluding carboxylic acids is 6. The zero-order chi connectivity index (χ0) is 36.4. The number of fused-ring (bicyclic) bond motifs is 1. The van der Waals surface area contributed by atoms with E-state index >= 15 is 0 Å². The predicted molar refractivity (Wildman–Crippen MR) is 191 cm³/mol. The lowest BCUT2D eigenvalue weighted by atomic mass is 9.94. The van der Waals surface area contributed by atoms with Crippen molar-refractivity contribution in [2.45, 2.75) is 82.5 Å². The second-order valence-electron chi connectivity index (χ2n) is 13.2. The van der Waals surface area contributed by atoms with Crippen LogP contribution in [0.4, 0.5) is 5.69 Å². The quantitative estimate of drug-likeness (QED) is 0.175. The number of nitrogens with zero attached hydrogens (tertiary/aromatic N) is 1. The summed E-state index contributed by atoms with van der Waals surface area (Å²) < 4.78 is 5.36. The third-order valence-electron chi connectivity index (χ3n) is 9.50. The van der Waals surface area contributed by atoms with E-state index < -0.39 is 53.3 Å². The minimum atomic E-state index is -1.38. The van der Waals surface area contributed by atoms with Crippen LogP contribution in [-0.4, -0.2) is 77.2 Å². The predicted octanol–water partition coefficient (Wildman–Crippen LogP) is 3.77. The van der Waals surface area contributed by atoms with Crippen molar-refractivity contribution in [3.8, 4) is 0 Å². The van der Waals surface area contributed by atoms with E-state index in [4.69, 9.17) is 4.74 Å². The van der Waals surface area contributed by atoms with E-state index in [1.807, 2.05) is 24.3 Å². The van der Waals surface area contributed by atoms with Gasteiger partial charge in [0, 0.05) is 24.2 Å². The molecule has 0 aromatic heterocycles. The Kier molecular flexibility index (Phi) is 12.2. The van der Waals surface area contributed by atoms with Gasteiger partial charge in [-0.2, -0.15) is 0 Å². The number of amides is 5. The largest absolute Gasteiger partial charge is 0.462 e. The van der Waals surface area contributed by atoms with Crippen molar-refractivity contribution < 1.29 is 33.5 Å². The van der Waals surface area contributed by atoms with Crippen LogP contribution in [0.15, 0.2) is 84.9 Å². The van der Waals surface area contributed by atoms with Gasteiger partial charge in [-0.05, 0) is 87.4 Å². The van der Waals surface area contributed by atoms with Gasteiger partial charge in [0.2, 0.25) is 23.6 Å². The third-order valence-corrected chi connectivity index (χ3v) is 9.50. The summed E-state index contributed by atoms with van der Waals surface area (Å²) in [7, 11) is 0. The molecule has 12 nitrogen and oxygen atoms in total. The molecular formula is C39H45N5O7. The van der Waals surface area contributed by atoms with Gasteiger partial charge in [-0.3, -0.25) is 24.0 Å². The molecule has 0 radical (unpaired) electrons. The number of carbonyl (C=O) groups is 6. The van der Waals surface area contributed by atoms with Crippen molar-refractivity contribution in [1.82, 2.24) is 20.9 Å². The highest BCUT2D eigenvalue weighted by atomic mass is 16.5. The first kappa shape index (κ1) is 36.8. The Labute approximate surface area is 297 Å². The molecule has 0 saturated carbocycles. The molecule has 2 saturated heterocycles. The van der Waals surface area contributed by atoms with E-state index in [1.165, 1.54) is 4.90 Å². The summed E-state index contributed by atoms with van der Waals surface area (Å²) in [5.41, 5.74) is 0.856. The zero-order valence-corrected chi connectivity index (χ0v) is 29.0. The summed E-state index contributed by atoms with van der Waals surface area (Å²) in [6.07, 6.45) is 2.49. The van der Waals surface area contributed by atoms with Gasteiger partial charge in [-0.25, -0.2) is 4.79 Å². The number of hydrogen-bond donors (Lipinski definition) is 4. The number of nitrogens with one attached hydrogen (secondary N) is 4. The molecule has 5 rings (SSSR count). The van der Waals surface area contributed by atoms with Crippen LogP contribution in [0.5, 0.6) is 0 Å². The molecule has 3 aromatic carbocycles. The second kappa shape index (κ2) is 16.9. The van der Waals surface area contributed by atoms with Gasteiger partial charge in [-0.1, -0.05) is 55.5 Å². The van der Waals surface area contributed by atoms with Gasteiger partial charge >= 0.3 is 5.97 Å². The smallest absolute Gasteiger partial charge is 0.338 e. The molecule has 2 aliphatic heterocycles. The molecule has 5 amide bonds. The van der Waals surface area contributed by atoms with Gasteiger partial charge in [0.15, 0.2) is 0 Å². The highest BCUT2D eigenvalue weighted by Gasteiger charge is 2.43. The fourth-order valence-electron chi connectivity index (χ4n) is 6.25. The molecule has 4 atom stereocenters. The summed E-state index contributed by atoms with van der Waals surface area (Å²) in [4.78, 5) is 81.8. The van der Waals surface area contributed by atoms with Crippen molar-refractivity contribution in [2.24, 2.45) is 0 Å². The van der Waals surface area contributed by atoms with Crippen molar-refractivity contribution in [1.29, 1.82) is 0 Å². The molecule has 2 heterocycles. The zero-order valence-electron chi connectivity index (χ0n) is 29.0. The van der Waals surface area contributed by atoms with Crippen molar-refractivity contribution in [3.05, 3.63) is 102 Å². The molecule has 4 N–H and O–H groups in total. The van der Waals surface area contributed by atoms with Crippen LogP contribution in [0.3, 0.4) is 0 Å². The fourth-order valence-corrected chi connectivity index (χ4v) is 6.25. The molecule has 2 aliphatic rings. The van der Waals surface area contributed by atoms with E-state index in [0.29, 0.717) is 54.6 Å². The lowest BCUT2D eigenvalue weighted by Crippen LogP contribution is -2.65. The molecule has 268 valence electrons. The number of anilines is 1. The maximum Gasteiger partial charge on any atom is 0.338 e. The first-order valence-electron chi connectivity index (χ1n) is 17.5. The van der Waals surface area contributed by atoms with Crippen molar-refractivity contribution >= 4 is 41.2 Å². The van der Waals surface area contributed by atoms with Gasteiger partial charge in [0.25, 0.3) is 5.91 Å². The number of rotatable bonds is 11. The van der Waals surface area contributed by atoms with Crippen LogP contribution < -0.4 is 21.3 Å². The Balaban J connectivity index is 1.27. The van der Waals surface area contributed by atoms with Crippen LogP contribution in [0.25, 0.3) is 0 Å². The Morgan fingerprint density at radius 3 is 2.22 bits per heavy atom. The van der Waals surface area contributed by atoms with Gasteiger partial charge in [0.1, 0.15) is 23.7 Å². The Morgan fingerprint density at radius 1 is 0.843 bits per heavy atom. The Hall–Kier alpha value is -5.52. The van der Waals surface area contributed by atoms with Crippen LogP contribution in [-0.2, 0) is 30.3 Å². The lowest BCUT2D eigenvalue weighted by Gasteiger charge is -2.36. The summed E-state index contributed by atoms with van der Waals surface area (Å²) in [5.74, 6) is -2.59. The summed E-state index contributed by atoms with van der Waals surface area (Å²) in [5, 5.41) is 11.4. The second-order valence-corrected chi connectivity index (χ2v) is 13.2.